The molecule has 0 spiro atoms. The molecule has 7 heteroatoms. The number of methoxy groups -OCH3 is 2. The summed E-state index contributed by atoms with van der Waals surface area (Å²) in [7, 11) is 5.10. The molecule has 1 aliphatic rings. The van der Waals surface area contributed by atoms with Crippen molar-refractivity contribution in [2.45, 2.75) is 24.8 Å². The number of ether oxygens (including phenoxy) is 2. The van der Waals surface area contributed by atoms with Crippen LogP contribution in [0.3, 0.4) is 0 Å². The molecular formula is C27H27FN2O3S. The maximum absolute atomic E-state index is 14.2. The lowest BCUT2D eigenvalue weighted by atomic mass is 10.0. The lowest BCUT2D eigenvalue weighted by molar-refractivity contribution is -0.120. The Morgan fingerprint density at radius 2 is 1.82 bits per heavy atom. The van der Waals surface area contributed by atoms with E-state index in [1.807, 2.05) is 55.1 Å². The van der Waals surface area contributed by atoms with E-state index in [1.54, 1.807) is 20.3 Å². The quantitative estimate of drug-likeness (QED) is 0.441. The standard InChI is InChI=1S/C27H27FN2O3S/c1-16-21(10-17-11-24(32-3)27(34)25(12-17)33-4)20-8-7-18(28)13-23(20)22(16)14-26(31)29-15-19-6-5-9-30(19)2/h5-13,34H,14-15H2,1-4H3,(H,29,31)/b21-10-. The molecule has 1 aliphatic carbocycles. The van der Waals surface area contributed by atoms with Crippen LogP contribution in [0, 0.1) is 5.82 Å². The van der Waals surface area contributed by atoms with E-state index in [-0.39, 0.29) is 18.1 Å². The number of benzene rings is 2. The number of carbonyl (C=O) groups is 1. The fourth-order valence-corrected chi connectivity index (χ4v) is 4.55. The summed E-state index contributed by atoms with van der Waals surface area (Å²) in [5.41, 5.74) is 6.16. The van der Waals surface area contributed by atoms with Gasteiger partial charge in [-0.3, -0.25) is 4.79 Å². The second kappa shape index (κ2) is 9.81. The SMILES string of the molecule is COc1cc(/C=C2/C(C)=C(CC(=O)NCc3cccn3C)c3cc(F)ccc32)cc(OC)c1S. The van der Waals surface area contributed by atoms with Crippen LogP contribution in [0.4, 0.5) is 4.39 Å². The number of rotatable bonds is 7. The fourth-order valence-electron chi connectivity index (χ4n) is 4.24. The topological polar surface area (TPSA) is 52.5 Å². The maximum atomic E-state index is 14.2. The molecule has 0 saturated heterocycles. The van der Waals surface area contributed by atoms with Gasteiger partial charge in [0.25, 0.3) is 0 Å². The molecule has 1 amide bonds. The lowest BCUT2D eigenvalue weighted by Crippen LogP contribution is -2.23. The van der Waals surface area contributed by atoms with Crippen molar-refractivity contribution in [3.8, 4) is 11.5 Å². The summed E-state index contributed by atoms with van der Waals surface area (Å²) in [6, 6.07) is 12.3. The first-order chi connectivity index (χ1) is 16.3. The van der Waals surface area contributed by atoms with Crippen molar-refractivity contribution >= 4 is 35.8 Å². The minimum absolute atomic E-state index is 0.116. The first-order valence-electron chi connectivity index (χ1n) is 10.9. The number of hydrogen-bond acceptors (Lipinski definition) is 4. The largest absolute Gasteiger partial charge is 0.495 e. The fraction of sp³-hybridized carbons (Fsp3) is 0.222. The molecule has 0 bridgehead atoms. The smallest absolute Gasteiger partial charge is 0.224 e. The summed E-state index contributed by atoms with van der Waals surface area (Å²) < 4.78 is 27.0. The Bertz CT molecular complexity index is 1300. The van der Waals surface area contributed by atoms with Crippen molar-refractivity contribution in [1.29, 1.82) is 0 Å². The van der Waals surface area contributed by atoms with Gasteiger partial charge in [0.2, 0.25) is 5.91 Å². The minimum atomic E-state index is -0.336. The molecular weight excluding hydrogens is 451 g/mol. The van der Waals surface area contributed by atoms with Crippen molar-refractivity contribution in [2.24, 2.45) is 7.05 Å². The number of hydrogen-bond donors (Lipinski definition) is 2. The Morgan fingerprint density at radius 1 is 1.12 bits per heavy atom. The molecule has 0 atom stereocenters. The van der Waals surface area contributed by atoms with E-state index in [0.717, 1.165) is 39.1 Å². The third kappa shape index (κ3) is 4.61. The number of carbonyl (C=O) groups excluding carboxylic acids is 1. The first kappa shape index (κ1) is 23.7. The predicted molar refractivity (Wildman–Crippen MR) is 136 cm³/mol. The maximum Gasteiger partial charge on any atom is 0.224 e. The number of fused-ring (bicyclic) bond motifs is 1. The predicted octanol–water partition coefficient (Wildman–Crippen LogP) is 5.50. The summed E-state index contributed by atoms with van der Waals surface area (Å²) >= 11 is 4.47. The van der Waals surface area contributed by atoms with Gasteiger partial charge < -0.3 is 19.4 Å². The highest BCUT2D eigenvalue weighted by molar-refractivity contribution is 7.80. The summed E-state index contributed by atoms with van der Waals surface area (Å²) in [6.07, 6.45) is 4.09. The second-order valence-corrected chi connectivity index (χ2v) is 8.64. The van der Waals surface area contributed by atoms with E-state index in [2.05, 4.69) is 17.9 Å². The van der Waals surface area contributed by atoms with Gasteiger partial charge in [-0.15, -0.1) is 12.6 Å². The van der Waals surface area contributed by atoms with Gasteiger partial charge in [0.05, 0.1) is 32.1 Å². The molecule has 0 fully saturated rings. The molecule has 1 N–H and O–H groups in total. The molecule has 0 aliphatic heterocycles. The van der Waals surface area contributed by atoms with Crippen LogP contribution in [0.1, 0.15) is 35.7 Å². The van der Waals surface area contributed by atoms with Crippen molar-refractivity contribution < 1.29 is 18.7 Å². The van der Waals surface area contributed by atoms with Gasteiger partial charge in [-0.1, -0.05) is 6.07 Å². The van der Waals surface area contributed by atoms with E-state index in [1.165, 1.54) is 12.1 Å². The second-order valence-electron chi connectivity index (χ2n) is 8.19. The lowest BCUT2D eigenvalue weighted by Gasteiger charge is -2.11. The minimum Gasteiger partial charge on any atom is -0.495 e. The Hall–Kier alpha value is -3.45. The Kier molecular flexibility index (Phi) is 6.84. The van der Waals surface area contributed by atoms with Crippen molar-refractivity contribution in [3.63, 3.8) is 0 Å². The van der Waals surface area contributed by atoms with E-state index in [0.29, 0.717) is 22.9 Å². The molecule has 2 aromatic carbocycles. The molecule has 1 heterocycles. The van der Waals surface area contributed by atoms with Gasteiger partial charge >= 0.3 is 0 Å². The van der Waals surface area contributed by atoms with Gasteiger partial charge in [-0.05, 0) is 82.8 Å². The number of aromatic nitrogens is 1. The van der Waals surface area contributed by atoms with Gasteiger partial charge in [0, 0.05) is 18.9 Å². The van der Waals surface area contributed by atoms with Crippen LogP contribution in [-0.4, -0.2) is 24.7 Å². The highest BCUT2D eigenvalue weighted by Crippen LogP contribution is 2.44. The van der Waals surface area contributed by atoms with Crippen LogP contribution in [0.15, 0.2) is 59.1 Å². The molecule has 0 radical (unpaired) electrons. The Morgan fingerprint density at radius 3 is 2.44 bits per heavy atom. The number of amides is 1. The van der Waals surface area contributed by atoms with Crippen LogP contribution in [0.2, 0.25) is 0 Å². The molecule has 34 heavy (non-hydrogen) atoms. The number of nitrogens with zero attached hydrogens (tertiary/aromatic N) is 1. The Labute approximate surface area is 204 Å². The average molecular weight is 479 g/mol. The van der Waals surface area contributed by atoms with Crippen LogP contribution in [-0.2, 0) is 18.4 Å². The first-order valence-corrected chi connectivity index (χ1v) is 11.3. The molecule has 176 valence electrons. The average Bonchev–Trinajstić information content (AvgIpc) is 3.34. The number of nitrogens with one attached hydrogen (secondary N) is 1. The number of thiol groups is 1. The van der Waals surface area contributed by atoms with E-state index in [4.69, 9.17) is 9.47 Å². The van der Waals surface area contributed by atoms with Gasteiger partial charge in [-0.2, -0.15) is 0 Å². The van der Waals surface area contributed by atoms with Crippen LogP contribution in [0.25, 0.3) is 17.2 Å². The zero-order valence-corrected chi connectivity index (χ0v) is 20.5. The van der Waals surface area contributed by atoms with Crippen LogP contribution < -0.4 is 14.8 Å². The molecule has 1 aromatic heterocycles. The summed E-state index contributed by atoms with van der Waals surface area (Å²) in [4.78, 5) is 13.4. The van der Waals surface area contributed by atoms with Gasteiger partial charge in [-0.25, -0.2) is 4.39 Å². The molecule has 3 aromatic rings. The van der Waals surface area contributed by atoms with Crippen LogP contribution >= 0.6 is 12.6 Å². The number of aryl methyl sites for hydroxylation is 1. The van der Waals surface area contributed by atoms with E-state index in [9.17, 15) is 9.18 Å². The van der Waals surface area contributed by atoms with E-state index >= 15 is 0 Å². The summed E-state index contributed by atoms with van der Waals surface area (Å²) in [6.45, 7) is 2.40. The van der Waals surface area contributed by atoms with Crippen molar-refractivity contribution in [2.75, 3.05) is 14.2 Å². The molecule has 0 unspecified atom stereocenters. The third-order valence-corrected chi connectivity index (χ3v) is 6.56. The molecule has 4 rings (SSSR count). The highest BCUT2D eigenvalue weighted by Gasteiger charge is 2.26. The zero-order chi connectivity index (χ0) is 24.4. The number of allylic oxidation sites excluding steroid dienone is 2. The molecule has 5 nitrogen and oxygen atoms in total. The summed E-state index contributed by atoms with van der Waals surface area (Å²) in [5, 5.41) is 2.97. The van der Waals surface area contributed by atoms with Crippen molar-refractivity contribution in [1.82, 2.24) is 9.88 Å². The highest BCUT2D eigenvalue weighted by atomic mass is 32.1. The van der Waals surface area contributed by atoms with E-state index < -0.39 is 0 Å². The van der Waals surface area contributed by atoms with Gasteiger partial charge in [0.1, 0.15) is 17.3 Å². The third-order valence-electron chi connectivity index (χ3n) is 6.12. The zero-order valence-electron chi connectivity index (χ0n) is 19.6. The molecule has 0 saturated carbocycles. The van der Waals surface area contributed by atoms with Crippen molar-refractivity contribution in [3.05, 3.63) is 82.4 Å². The Balaban J connectivity index is 1.69. The normalized spacial score (nSPS) is 13.9. The van der Waals surface area contributed by atoms with Gasteiger partial charge in [0.15, 0.2) is 0 Å². The monoisotopic (exact) mass is 478 g/mol. The van der Waals surface area contributed by atoms with Crippen LogP contribution in [0.5, 0.6) is 11.5 Å². The number of halogens is 1. The summed E-state index contributed by atoms with van der Waals surface area (Å²) in [5.74, 6) is 0.731.